The molecule has 0 heterocycles. The fraction of sp³-hybridized carbons (Fsp3) is 0.143. The first-order chi connectivity index (χ1) is 10.3. The molecule has 0 atom stereocenters. The molecule has 0 radical (unpaired) electrons. The summed E-state index contributed by atoms with van der Waals surface area (Å²) < 4.78 is 0. The molecule has 0 amide bonds. The van der Waals surface area contributed by atoms with Crippen molar-refractivity contribution in [2.45, 2.75) is 18.3 Å². The van der Waals surface area contributed by atoms with Gasteiger partial charge in [0, 0.05) is 5.41 Å². The van der Waals surface area contributed by atoms with Gasteiger partial charge in [0.2, 0.25) is 0 Å². The predicted molar refractivity (Wildman–Crippen MR) is 90.3 cm³/mol. The Morgan fingerprint density at radius 1 is 0.905 bits per heavy atom. The van der Waals surface area contributed by atoms with Crippen molar-refractivity contribution in [3.63, 3.8) is 0 Å². The Morgan fingerprint density at radius 2 is 1.48 bits per heavy atom. The number of hydrogen-bond acceptors (Lipinski definition) is 0. The highest BCUT2D eigenvalue weighted by Crippen LogP contribution is 2.40. The molecular weight excluding hydrogens is 252 g/mol. The molecule has 0 spiro atoms. The minimum absolute atomic E-state index is 0.0484. The standard InChI is InChI=1S/C21H20/c1-2-9-18-14-16-21(17-15-18,19-10-5-3-6-11-19)20-12-7-4-8-13-20/h2-8,10-16H,1,9,17H2. The zero-order valence-electron chi connectivity index (χ0n) is 12.2. The van der Waals surface area contributed by atoms with Gasteiger partial charge in [-0.05, 0) is 29.5 Å². The lowest BCUT2D eigenvalue weighted by Gasteiger charge is -2.34. The molecule has 0 N–H and O–H groups in total. The van der Waals surface area contributed by atoms with Crippen molar-refractivity contribution in [2.75, 3.05) is 0 Å². The first-order valence-electron chi connectivity index (χ1n) is 7.45. The van der Waals surface area contributed by atoms with Gasteiger partial charge >= 0.3 is 0 Å². The summed E-state index contributed by atoms with van der Waals surface area (Å²) in [7, 11) is 0. The van der Waals surface area contributed by atoms with E-state index in [1.54, 1.807) is 0 Å². The van der Waals surface area contributed by atoms with Crippen LogP contribution in [0.4, 0.5) is 0 Å². The number of benzene rings is 2. The molecule has 0 heteroatoms. The normalized spacial score (nSPS) is 16.3. The highest BCUT2D eigenvalue weighted by Gasteiger charge is 2.31. The van der Waals surface area contributed by atoms with Gasteiger partial charge in [-0.3, -0.25) is 0 Å². The molecule has 0 saturated carbocycles. The molecule has 0 aliphatic heterocycles. The van der Waals surface area contributed by atoms with Crippen molar-refractivity contribution >= 4 is 0 Å². The van der Waals surface area contributed by atoms with E-state index in [1.165, 1.54) is 16.7 Å². The summed E-state index contributed by atoms with van der Waals surface area (Å²) in [5.41, 5.74) is 4.00. The van der Waals surface area contributed by atoms with Crippen LogP contribution in [-0.2, 0) is 5.41 Å². The van der Waals surface area contributed by atoms with E-state index in [-0.39, 0.29) is 5.41 Å². The first-order valence-corrected chi connectivity index (χ1v) is 7.45. The largest absolute Gasteiger partial charge is 0.103 e. The van der Waals surface area contributed by atoms with Crippen molar-refractivity contribution in [2.24, 2.45) is 0 Å². The highest BCUT2D eigenvalue weighted by molar-refractivity contribution is 5.49. The number of allylic oxidation sites excluding steroid dienone is 5. The lowest BCUT2D eigenvalue weighted by atomic mass is 9.69. The second-order valence-corrected chi connectivity index (χ2v) is 5.51. The average Bonchev–Trinajstić information content (AvgIpc) is 2.58. The third-order valence-corrected chi connectivity index (χ3v) is 4.23. The second kappa shape index (κ2) is 5.97. The highest BCUT2D eigenvalue weighted by atomic mass is 14.3. The van der Waals surface area contributed by atoms with Gasteiger partial charge in [-0.15, -0.1) is 6.58 Å². The SMILES string of the molecule is C=CCC1=CCC(c2ccccc2)(c2ccccc2)C=C1. The first kappa shape index (κ1) is 13.6. The molecule has 0 nitrogen and oxygen atoms in total. The summed E-state index contributed by atoms with van der Waals surface area (Å²) in [6.45, 7) is 3.83. The minimum atomic E-state index is -0.0484. The van der Waals surface area contributed by atoms with Gasteiger partial charge < -0.3 is 0 Å². The molecule has 2 aromatic carbocycles. The Kier molecular flexibility index (Phi) is 3.87. The van der Waals surface area contributed by atoms with Gasteiger partial charge in [0.15, 0.2) is 0 Å². The fourth-order valence-electron chi connectivity index (χ4n) is 3.06. The molecule has 104 valence electrons. The van der Waals surface area contributed by atoms with Crippen molar-refractivity contribution < 1.29 is 0 Å². The molecule has 3 rings (SSSR count). The predicted octanol–water partition coefficient (Wildman–Crippen LogP) is 5.44. The molecule has 1 aliphatic rings. The minimum Gasteiger partial charge on any atom is -0.103 e. The van der Waals surface area contributed by atoms with Gasteiger partial charge in [-0.2, -0.15) is 0 Å². The molecule has 0 bridgehead atoms. The Bertz CT molecular complexity index is 620. The maximum Gasteiger partial charge on any atom is 0.0419 e. The summed E-state index contributed by atoms with van der Waals surface area (Å²) in [4.78, 5) is 0. The summed E-state index contributed by atoms with van der Waals surface area (Å²) in [6.07, 6.45) is 10.9. The Morgan fingerprint density at radius 3 is 1.90 bits per heavy atom. The fourth-order valence-corrected chi connectivity index (χ4v) is 3.06. The molecule has 0 unspecified atom stereocenters. The van der Waals surface area contributed by atoms with E-state index in [4.69, 9.17) is 0 Å². The topological polar surface area (TPSA) is 0 Å². The van der Waals surface area contributed by atoms with Gasteiger partial charge in [0.25, 0.3) is 0 Å². The van der Waals surface area contributed by atoms with Crippen LogP contribution >= 0.6 is 0 Å². The smallest absolute Gasteiger partial charge is 0.0419 e. The molecule has 21 heavy (non-hydrogen) atoms. The summed E-state index contributed by atoms with van der Waals surface area (Å²) in [5.74, 6) is 0. The molecule has 0 fully saturated rings. The van der Waals surface area contributed by atoms with Crippen molar-refractivity contribution in [1.29, 1.82) is 0 Å². The summed E-state index contributed by atoms with van der Waals surface area (Å²) >= 11 is 0. The van der Waals surface area contributed by atoms with E-state index in [1.807, 2.05) is 6.08 Å². The van der Waals surface area contributed by atoms with Gasteiger partial charge in [0.05, 0.1) is 0 Å². The van der Waals surface area contributed by atoms with E-state index in [0.29, 0.717) is 0 Å². The van der Waals surface area contributed by atoms with Crippen LogP contribution in [0.3, 0.4) is 0 Å². The zero-order chi connectivity index (χ0) is 14.5. The van der Waals surface area contributed by atoms with Crippen LogP contribution < -0.4 is 0 Å². The van der Waals surface area contributed by atoms with Crippen LogP contribution in [0.2, 0.25) is 0 Å². The lowest BCUT2D eigenvalue weighted by molar-refractivity contribution is 0.642. The number of rotatable bonds is 4. The molecule has 0 aromatic heterocycles. The van der Waals surface area contributed by atoms with Gasteiger partial charge in [-0.25, -0.2) is 0 Å². The molecule has 0 saturated heterocycles. The monoisotopic (exact) mass is 272 g/mol. The maximum absolute atomic E-state index is 3.83. The maximum atomic E-state index is 3.83. The van der Waals surface area contributed by atoms with Gasteiger partial charge in [0.1, 0.15) is 0 Å². The van der Waals surface area contributed by atoms with E-state index in [2.05, 4.69) is 85.5 Å². The van der Waals surface area contributed by atoms with E-state index < -0.39 is 0 Å². The summed E-state index contributed by atoms with van der Waals surface area (Å²) in [5, 5.41) is 0. The average molecular weight is 272 g/mol. The Balaban J connectivity index is 2.07. The van der Waals surface area contributed by atoms with E-state index in [9.17, 15) is 0 Å². The summed E-state index contributed by atoms with van der Waals surface area (Å²) in [6, 6.07) is 21.5. The van der Waals surface area contributed by atoms with Crippen molar-refractivity contribution in [3.05, 3.63) is 108 Å². The van der Waals surface area contributed by atoms with Gasteiger partial charge in [-0.1, -0.05) is 85.0 Å². The molecule has 1 aliphatic carbocycles. The zero-order valence-corrected chi connectivity index (χ0v) is 12.2. The third-order valence-electron chi connectivity index (χ3n) is 4.23. The van der Waals surface area contributed by atoms with Crippen LogP contribution in [-0.4, -0.2) is 0 Å². The third kappa shape index (κ3) is 2.62. The van der Waals surface area contributed by atoms with E-state index >= 15 is 0 Å². The Hall–Kier alpha value is -2.34. The Labute approximate surface area is 127 Å². The van der Waals surface area contributed by atoms with E-state index in [0.717, 1.165) is 12.8 Å². The van der Waals surface area contributed by atoms with Crippen LogP contribution in [0.25, 0.3) is 0 Å². The van der Waals surface area contributed by atoms with Crippen LogP contribution in [0.1, 0.15) is 24.0 Å². The van der Waals surface area contributed by atoms with Crippen LogP contribution in [0, 0.1) is 0 Å². The number of hydrogen-bond donors (Lipinski definition) is 0. The second-order valence-electron chi connectivity index (χ2n) is 5.51. The van der Waals surface area contributed by atoms with Crippen LogP contribution in [0.5, 0.6) is 0 Å². The molecular formula is C21H20. The quantitative estimate of drug-likeness (QED) is 0.650. The van der Waals surface area contributed by atoms with Crippen molar-refractivity contribution in [1.82, 2.24) is 0 Å². The lowest BCUT2D eigenvalue weighted by Crippen LogP contribution is -2.26. The van der Waals surface area contributed by atoms with Crippen LogP contribution in [0.15, 0.2) is 97.1 Å². The molecule has 2 aromatic rings. The van der Waals surface area contributed by atoms with Crippen molar-refractivity contribution in [3.8, 4) is 0 Å².